The molecule has 0 radical (unpaired) electrons. The smallest absolute Gasteiger partial charge is 0.368 e. The molecule has 2 aromatic heterocycles. The molecule has 0 bridgehead atoms. The van der Waals surface area contributed by atoms with Crippen molar-refractivity contribution in [1.82, 2.24) is 19.9 Å². The van der Waals surface area contributed by atoms with E-state index in [9.17, 15) is 43.2 Å². The van der Waals surface area contributed by atoms with Crippen molar-refractivity contribution in [2.75, 3.05) is 9.44 Å². The van der Waals surface area contributed by atoms with Gasteiger partial charge in [-0.25, -0.2) is 19.9 Å². The first-order chi connectivity index (χ1) is 12.6. The molecule has 10 nitrogen and oxygen atoms in total. The second-order valence-corrected chi connectivity index (χ2v) is 8.04. The number of hydrogen-bond donors (Lipinski definition) is 1. The summed E-state index contributed by atoms with van der Waals surface area (Å²) in [6.07, 6.45) is 4.32. The summed E-state index contributed by atoms with van der Waals surface area (Å²) in [5.74, 6) is -1.49. The summed E-state index contributed by atoms with van der Waals surface area (Å²) in [4.78, 5) is 12.9. The number of nitrogen functional groups attached to an aromatic ring is 1. The van der Waals surface area contributed by atoms with Crippen LogP contribution in [0.1, 0.15) is 0 Å². The first-order valence-corrected chi connectivity index (χ1v) is 9.23. The lowest BCUT2D eigenvalue weighted by Gasteiger charge is -2.23. The molecule has 0 aliphatic rings. The maximum atomic E-state index is 12.4. The monoisotopic (exact) mass is 454 g/mol. The van der Waals surface area contributed by atoms with Crippen LogP contribution in [0.4, 0.5) is 38.2 Å². The molecule has 0 saturated carbocycles. The van der Waals surface area contributed by atoms with Crippen molar-refractivity contribution in [2.24, 2.45) is 0 Å². The minimum absolute atomic E-state index is 0.322. The molecule has 18 heteroatoms. The van der Waals surface area contributed by atoms with E-state index >= 15 is 0 Å². The van der Waals surface area contributed by atoms with E-state index in [-0.39, 0.29) is 0 Å². The van der Waals surface area contributed by atoms with E-state index in [1.165, 1.54) is 0 Å². The molecule has 0 unspecified atom stereocenters. The molecule has 0 fully saturated rings. The van der Waals surface area contributed by atoms with Gasteiger partial charge in [-0.1, -0.05) is 0 Å². The van der Waals surface area contributed by atoms with Crippen molar-refractivity contribution in [2.45, 2.75) is 11.0 Å². The Kier molecular flexibility index (Phi) is 6.72. The van der Waals surface area contributed by atoms with Crippen molar-refractivity contribution < 1.29 is 43.2 Å². The Morgan fingerprint density at radius 1 is 0.714 bits per heavy atom. The van der Waals surface area contributed by atoms with Gasteiger partial charge in [-0.3, -0.25) is 0 Å². The first-order valence-electron chi connectivity index (χ1n) is 6.35. The average molecular weight is 454 g/mol. The van der Waals surface area contributed by atoms with Gasteiger partial charge in [0.05, 0.1) is 0 Å². The SMILES string of the molecule is Nc1ncccn1.O=S(=O)(N(c1ncccn1)S(=O)(=O)C(F)(F)F)C(F)(F)F. The third-order valence-electron chi connectivity index (χ3n) is 2.32. The van der Waals surface area contributed by atoms with Gasteiger partial charge in [0.25, 0.3) is 5.95 Å². The number of anilines is 2. The molecule has 2 rings (SSSR count). The number of aromatic nitrogens is 4. The standard InChI is InChI=1S/C6H3F6N3O4S2.C4H5N3/c7-5(8,9)20(16,17)15(4-13-2-1-3-14-4)21(18,19)6(10,11)12;5-4-6-2-1-3-7-4/h1-3H;1-3H,(H2,5,6,7). The highest BCUT2D eigenvalue weighted by atomic mass is 32.3. The Bertz CT molecular complexity index is 939. The van der Waals surface area contributed by atoms with E-state index in [1.807, 2.05) is 0 Å². The third-order valence-corrected chi connectivity index (χ3v) is 5.87. The molecule has 2 heterocycles. The van der Waals surface area contributed by atoms with Crippen LogP contribution in [0.5, 0.6) is 0 Å². The van der Waals surface area contributed by atoms with Crippen molar-refractivity contribution in [1.29, 1.82) is 0 Å². The number of alkyl halides is 6. The van der Waals surface area contributed by atoms with Gasteiger partial charge in [0, 0.05) is 24.8 Å². The van der Waals surface area contributed by atoms with Gasteiger partial charge in [-0.2, -0.15) is 43.2 Å². The quantitative estimate of drug-likeness (QED) is 0.671. The number of sulfonamides is 2. The minimum Gasteiger partial charge on any atom is -0.368 e. The first kappa shape index (κ1) is 23.3. The van der Waals surface area contributed by atoms with E-state index in [4.69, 9.17) is 5.73 Å². The van der Waals surface area contributed by atoms with Crippen molar-refractivity contribution >= 4 is 31.9 Å². The number of rotatable bonds is 3. The van der Waals surface area contributed by atoms with E-state index < -0.39 is 40.7 Å². The summed E-state index contributed by atoms with van der Waals surface area (Å²) < 4.78 is 117. The molecule has 0 aliphatic carbocycles. The second-order valence-electron chi connectivity index (χ2n) is 4.25. The molecule has 0 aliphatic heterocycles. The fraction of sp³-hybridized carbons (Fsp3) is 0.200. The van der Waals surface area contributed by atoms with Crippen molar-refractivity contribution in [3.05, 3.63) is 36.9 Å². The number of halogens is 6. The summed E-state index contributed by atoms with van der Waals surface area (Å²) in [6.45, 7) is 0. The summed E-state index contributed by atoms with van der Waals surface area (Å²) in [5.41, 5.74) is -7.49. The molecule has 2 aromatic rings. The fourth-order valence-electron chi connectivity index (χ4n) is 1.23. The minimum atomic E-state index is -6.93. The Balaban J connectivity index is 0.000000467. The summed E-state index contributed by atoms with van der Waals surface area (Å²) in [5, 5.41) is 0. The van der Waals surface area contributed by atoms with E-state index in [0.29, 0.717) is 18.3 Å². The third kappa shape index (κ3) is 5.15. The zero-order valence-corrected chi connectivity index (χ0v) is 14.6. The van der Waals surface area contributed by atoms with Crippen LogP contribution in [0.15, 0.2) is 36.9 Å². The average Bonchev–Trinajstić information content (AvgIpc) is 2.54. The fourth-order valence-corrected chi connectivity index (χ4v) is 3.76. The summed E-state index contributed by atoms with van der Waals surface area (Å²) in [7, 11) is -13.9. The molecule has 0 amide bonds. The molecule has 0 atom stereocenters. The molecule has 2 N–H and O–H groups in total. The maximum Gasteiger partial charge on any atom is 0.517 e. The zero-order chi connectivity index (χ0) is 21.8. The van der Waals surface area contributed by atoms with Gasteiger partial charge in [-0.15, -0.1) is 3.71 Å². The number of nitrogens with zero attached hydrogens (tertiary/aromatic N) is 5. The van der Waals surface area contributed by atoms with Crippen molar-refractivity contribution in [3.8, 4) is 0 Å². The van der Waals surface area contributed by atoms with Crippen LogP contribution >= 0.6 is 0 Å². The van der Waals surface area contributed by atoms with Crippen LogP contribution in [0.25, 0.3) is 0 Å². The van der Waals surface area contributed by atoms with Crippen molar-refractivity contribution in [3.63, 3.8) is 0 Å². The van der Waals surface area contributed by atoms with Crippen LogP contribution in [-0.2, 0) is 20.0 Å². The molecule has 0 spiro atoms. The Hall–Kier alpha value is -2.76. The molecule has 156 valence electrons. The normalized spacial score (nSPS) is 12.6. The highest BCUT2D eigenvalue weighted by Gasteiger charge is 2.62. The van der Waals surface area contributed by atoms with E-state index in [0.717, 1.165) is 6.07 Å². The lowest BCUT2D eigenvalue weighted by atomic mass is 10.7. The van der Waals surface area contributed by atoms with Gasteiger partial charge in [0.1, 0.15) is 0 Å². The number of nitrogens with two attached hydrogens (primary N) is 1. The van der Waals surface area contributed by atoms with Crippen LogP contribution in [0.2, 0.25) is 0 Å². The van der Waals surface area contributed by atoms with Crippen LogP contribution in [0.3, 0.4) is 0 Å². The van der Waals surface area contributed by atoms with Crippen LogP contribution in [0, 0.1) is 0 Å². The highest BCUT2D eigenvalue weighted by Crippen LogP contribution is 2.36. The molecule has 0 aromatic carbocycles. The molecular weight excluding hydrogens is 446 g/mol. The van der Waals surface area contributed by atoms with Crippen LogP contribution in [-0.4, -0.2) is 47.8 Å². The van der Waals surface area contributed by atoms with E-state index in [2.05, 4.69) is 19.9 Å². The Labute approximate surface area is 153 Å². The number of hydrogen-bond acceptors (Lipinski definition) is 9. The summed E-state index contributed by atoms with van der Waals surface area (Å²) in [6, 6.07) is 2.64. The Morgan fingerprint density at radius 2 is 1.04 bits per heavy atom. The second kappa shape index (κ2) is 8.09. The predicted octanol–water partition coefficient (Wildman–Crippen LogP) is 1.04. The maximum absolute atomic E-state index is 12.4. The zero-order valence-electron chi connectivity index (χ0n) is 13.0. The Morgan fingerprint density at radius 3 is 1.29 bits per heavy atom. The predicted molar refractivity (Wildman–Crippen MR) is 80.9 cm³/mol. The van der Waals surface area contributed by atoms with Gasteiger partial charge in [0.15, 0.2) is 0 Å². The van der Waals surface area contributed by atoms with Crippen LogP contribution < -0.4 is 9.44 Å². The largest absolute Gasteiger partial charge is 0.517 e. The van der Waals surface area contributed by atoms with Gasteiger partial charge in [-0.05, 0) is 12.1 Å². The van der Waals surface area contributed by atoms with E-state index in [1.54, 1.807) is 18.5 Å². The van der Waals surface area contributed by atoms with Gasteiger partial charge >= 0.3 is 31.1 Å². The topological polar surface area (TPSA) is 149 Å². The van der Waals surface area contributed by atoms with Gasteiger partial charge in [0.2, 0.25) is 5.95 Å². The summed E-state index contributed by atoms with van der Waals surface area (Å²) >= 11 is 0. The molecule has 28 heavy (non-hydrogen) atoms. The lowest BCUT2D eigenvalue weighted by molar-refractivity contribution is -0.0463. The highest BCUT2D eigenvalue weighted by molar-refractivity contribution is 8.11. The van der Waals surface area contributed by atoms with Gasteiger partial charge < -0.3 is 5.73 Å². The molecular formula is C10H8F6N6O4S2. The molecule has 0 saturated heterocycles. The lowest BCUT2D eigenvalue weighted by Crippen LogP contribution is -2.50.